The normalized spacial score (nSPS) is 12.8. The zero-order valence-electron chi connectivity index (χ0n) is 16.3. The molecule has 0 unspecified atom stereocenters. The molecule has 6 nitrogen and oxygen atoms in total. The number of nitrogens with zero attached hydrogens (tertiary/aromatic N) is 4. The van der Waals surface area contributed by atoms with Crippen LogP contribution in [0.3, 0.4) is 0 Å². The van der Waals surface area contributed by atoms with Gasteiger partial charge in [-0.15, -0.1) is 0 Å². The highest BCUT2D eigenvalue weighted by atomic mass is 79.9. The topological polar surface area (TPSA) is 54.1 Å². The van der Waals surface area contributed by atoms with Gasteiger partial charge in [0.05, 0.1) is 31.1 Å². The van der Waals surface area contributed by atoms with Gasteiger partial charge in [-0.3, -0.25) is 0 Å². The molecule has 0 aliphatic heterocycles. The van der Waals surface area contributed by atoms with Crippen molar-refractivity contribution >= 4 is 36.9 Å². The number of hydrogen-bond donors (Lipinski definition) is 0. The number of rotatable bonds is 9. The van der Waals surface area contributed by atoms with Crippen LogP contribution < -0.4 is 0 Å². The maximum atomic E-state index is 5.79. The molecule has 0 fully saturated rings. The van der Waals surface area contributed by atoms with E-state index in [2.05, 4.69) is 55.5 Å². The Morgan fingerprint density at radius 2 is 1.96 bits per heavy atom. The molecule has 3 aromatic heterocycles. The van der Waals surface area contributed by atoms with Crippen molar-refractivity contribution in [3.63, 3.8) is 0 Å². The second-order valence-electron chi connectivity index (χ2n) is 7.35. The van der Waals surface area contributed by atoms with Crippen molar-refractivity contribution in [1.82, 2.24) is 19.3 Å². The molecule has 0 aliphatic rings. The highest BCUT2D eigenvalue weighted by Crippen LogP contribution is 2.34. The molecule has 0 aliphatic carbocycles. The molecule has 0 spiro atoms. The number of halogens is 1. The summed E-state index contributed by atoms with van der Waals surface area (Å²) >= 11 is 3.48. The zero-order chi connectivity index (χ0) is 19.4. The van der Waals surface area contributed by atoms with Crippen LogP contribution in [0, 0.1) is 0 Å². The number of fused-ring (bicyclic) bond motifs is 1. The lowest BCUT2D eigenvalue weighted by atomic mass is 10.1. The first kappa shape index (κ1) is 20.4. The summed E-state index contributed by atoms with van der Waals surface area (Å²) in [6.45, 7) is 2.68. The predicted octanol–water partition coefficient (Wildman–Crippen LogP) is 3.98. The smallest absolute Gasteiger partial charge is 0.139 e. The summed E-state index contributed by atoms with van der Waals surface area (Å²) in [5.41, 5.74) is 3.29. The highest BCUT2D eigenvalue weighted by molar-refractivity contribution is 9.10. The van der Waals surface area contributed by atoms with Gasteiger partial charge < -0.3 is 14.0 Å². The standard InChI is InChI=1S/C19H27BrN4O2S/c1-25-6-5-23-13-17(16-9-19(20)21-11-18(16)23)15-10-22-24(12-15)14-26-7-8-27(2,3)4/h9-13H,5-8,14H2,1-4H3. The van der Waals surface area contributed by atoms with Gasteiger partial charge >= 0.3 is 0 Å². The van der Waals surface area contributed by atoms with Crippen LogP contribution in [0.25, 0.3) is 22.0 Å². The van der Waals surface area contributed by atoms with Crippen molar-refractivity contribution < 1.29 is 9.47 Å². The first-order chi connectivity index (χ1) is 12.9. The highest BCUT2D eigenvalue weighted by Gasteiger charge is 2.13. The molecule has 148 valence electrons. The van der Waals surface area contributed by atoms with E-state index in [0.29, 0.717) is 13.3 Å². The van der Waals surface area contributed by atoms with Gasteiger partial charge in [0.2, 0.25) is 0 Å². The number of aromatic nitrogens is 4. The van der Waals surface area contributed by atoms with E-state index in [1.54, 1.807) is 7.11 Å². The van der Waals surface area contributed by atoms with E-state index in [0.717, 1.165) is 45.5 Å². The third-order valence-electron chi connectivity index (χ3n) is 4.28. The van der Waals surface area contributed by atoms with Gasteiger partial charge in [-0.05, 0) is 40.8 Å². The maximum absolute atomic E-state index is 5.79. The van der Waals surface area contributed by atoms with Crippen molar-refractivity contribution in [1.29, 1.82) is 0 Å². The first-order valence-corrected chi connectivity index (χ1v) is 12.6. The molecular formula is C19H27BrN4O2S. The van der Waals surface area contributed by atoms with E-state index < -0.39 is 10.0 Å². The lowest BCUT2D eigenvalue weighted by Crippen LogP contribution is -2.10. The summed E-state index contributed by atoms with van der Waals surface area (Å²) in [5, 5.41) is 5.61. The van der Waals surface area contributed by atoms with Gasteiger partial charge in [-0.25, -0.2) is 19.7 Å². The summed E-state index contributed by atoms with van der Waals surface area (Å²) in [7, 11) is 1.19. The molecule has 3 aromatic rings. The third-order valence-corrected chi connectivity index (χ3v) is 6.10. The first-order valence-electron chi connectivity index (χ1n) is 8.77. The molecule has 27 heavy (non-hydrogen) atoms. The fourth-order valence-corrected chi connectivity index (χ4v) is 3.76. The summed E-state index contributed by atoms with van der Waals surface area (Å²) in [6, 6.07) is 2.05. The van der Waals surface area contributed by atoms with Crippen LogP contribution in [0.15, 0.2) is 35.5 Å². The minimum absolute atomic E-state index is 0.475. The molecule has 0 N–H and O–H groups in total. The average Bonchev–Trinajstić information content (AvgIpc) is 3.20. The molecule has 8 heteroatoms. The van der Waals surface area contributed by atoms with E-state index >= 15 is 0 Å². The molecule has 0 saturated heterocycles. The zero-order valence-corrected chi connectivity index (χ0v) is 18.7. The lowest BCUT2D eigenvalue weighted by molar-refractivity contribution is 0.0809. The van der Waals surface area contributed by atoms with Crippen LogP contribution in [0.4, 0.5) is 0 Å². The summed E-state index contributed by atoms with van der Waals surface area (Å²) in [4.78, 5) is 4.37. The Morgan fingerprint density at radius 1 is 1.15 bits per heavy atom. The SMILES string of the molecule is COCCn1cc(-c2cnn(COCCS(C)(C)C)c2)c2cc(Br)ncc21. The van der Waals surface area contributed by atoms with E-state index in [4.69, 9.17) is 9.47 Å². The summed E-state index contributed by atoms with van der Waals surface area (Å²) in [6.07, 6.45) is 14.9. The van der Waals surface area contributed by atoms with E-state index in [1.807, 2.05) is 29.3 Å². The van der Waals surface area contributed by atoms with Gasteiger partial charge in [-0.2, -0.15) is 5.10 Å². The van der Waals surface area contributed by atoms with Gasteiger partial charge in [0.15, 0.2) is 0 Å². The quantitative estimate of drug-likeness (QED) is 0.362. The van der Waals surface area contributed by atoms with Crippen LogP contribution in [-0.2, 0) is 22.7 Å². The minimum atomic E-state index is -0.528. The van der Waals surface area contributed by atoms with E-state index in [1.165, 1.54) is 0 Å². The fourth-order valence-electron chi connectivity index (χ4n) is 2.81. The molecule has 0 bridgehead atoms. The Bertz CT molecular complexity index is 901. The minimum Gasteiger partial charge on any atom is -0.383 e. The Morgan fingerprint density at radius 3 is 2.70 bits per heavy atom. The van der Waals surface area contributed by atoms with Crippen LogP contribution in [0.1, 0.15) is 0 Å². The van der Waals surface area contributed by atoms with Gasteiger partial charge in [-0.1, -0.05) is 0 Å². The van der Waals surface area contributed by atoms with Crippen LogP contribution >= 0.6 is 26.0 Å². The van der Waals surface area contributed by atoms with Gasteiger partial charge in [0, 0.05) is 48.3 Å². The van der Waals surface area contributed by atoms with Crippen LogP contribution in [0.2, 0.25) is 0 Å². The fraction of sp³-hybridized carbons (Fsp3) is 0.474. The summed E-state index contributed by atoms with van der Waals surface area (Å²) < 4.78 is 15.9. The largest absolute Gasteiger partial charge is 0.383 e. The van der Waals surface area contributed by atoms with Crippen molar-refractivity contribution in [2.24, 2.45) is 0 Å². The molecule has 3 heterocycles. The van der Waals surface area contributed by atoms with Crippen molar-refractivity contribution in [3.05, 3.63) is 35.5 Å². The lowest BCUT2D eigenvalue weighted by Gasteiger charge is -2.24. The number of ether oxygens (including phenoxy) is 2. The van der Waals surface area contributed by atoms with Crippen LogP contribution in [0.5, 0.6) is 0 Å². The Kier molecular flexibility index (Phi) is 6.62. The van der Waals surface area contributed by atoms with Gasteiger partial charge in [0.1, 0.15) is 11.3 Å². The number of pyridine rings is 1. The summed E-state index contributed by atoms with van der Waals surface area (Å²) in [5.74, 6) is 1.11. The van der Waals surface area contributed by atoms with E-state index in [9.17, 15) is 0 Å². The van der Waals surface area contributed by atoms with Crippen LogP contribution in [-0.4, -0.2) is 64.2 Å². The maximum Gasteiger partial charge on any atom is 0.139 e. The van der Waals surface area contributed by atoms with Gasteiger partial charge in [0.25, 0.3) is 0 Å². The monoisotopic (exact) mass is 454 g/mol. The number of methoxy groups -OCH3 is 1. The molecule has 3 rings (SSSR count). The number of hydrogen-bond acceptors (Lipinski definition) is 4. The predicted molar refractivity (Wildman–Crippen MR) is 117 cm³/mol. The molecule has 0 saturated carbocycles. The second-order valence-corrected chi connectivity index (χ2v) is 12.8. The molecule has 0 amide bonds. The van der Waals surface area contributed by atoms with E-state index in [-0.39, 0.29) is 0 Å². The Hall–Kier alpha value is -1.35. The third kappa shape index (κ3) is 5.34. The Labute approximate surface area is 170 Å². The van der Waals surface area contributed by atoms with Crippen molar-refractivity contribution in [3.8, 4) is 11.1 Å². The molecule has 0 radical (unpaired) electrons. The van der Waals surface area contributed by atoms with Crippen molar-refractivity contribution in [2.75, 3.05) is 44.8 Å². The molecule has 0 atom stereocenters. The van der Waals surface area contributed by atoms with Crippen molar-refractivity contribution in [2.45, 2.75) is 13.3 Å². The molecule has 0 aromatic carbocycles. The average molecular weight is 455 g/mol. The molecular weight excluding hydrogens is 428 g/mol. The Balaban J connectivity index is 1.79. The second kappa shape index (κ2) is 8.77.